The van der Waals surface area contributed by atoms with Crippen LogP contribution in [-0.4, -0.2) is 26.5 Å². The van der Waals surface area contributed by atoms with Crippen LogP contribution < -0.4 is 5.32 Å². The van der Waals surface area contributed by atoms with E-state index in [1.54, 1.807) is 23.1 Å². The lowest BCUT2D eigenvalue weighted by atomic mass is 10.1. The van der Waals surface area contributed by atoms with Crippen molar-refractivity contribution in [1.29, 1.82) is 0 Å². The molecule has 2 rings (SSSR count). The summed E-state index contributed by atoms with van der Waals surface area (Å²) < 4.78 is 1.66. The van der Waals surface area contributed by atoms with Crippen LogP contribution in [0.2, 0.25) is 0 Å². The Morgan fingerprint density at radius 2 is 2.33 bits per heavy atom. The van der Waals surface area contributed by atoms with Gasteiger partial charge in [0.2, 0.25) is 0 Å². The number of para-hydroxylation sites is 1. The molecule has 1 N–H and O–H groups in total. The van der Waals surface area contributed by atoms with E-state index in [9.17, 15) is 10.1 Å². The van der Waals surface area contributed by atoms with Gasteiger partial charge in [0, 0.05) is 18.8 Å². The number of aryl methyl sites for hydroxylation is 1. The van der Waals surface area contributed by atoms with Crippen molar-refractivity contribution in [2.45, 2.75) is 13.5 Å². The maximum absolute atomic E-state index is 10.9. The molecule has 0 aliphatic rings. The first-order chi connectivity index (χ1) is 8.68. The van der Waals surface area contributed by atoms with Crippen LogP contribution in [-0.2, 0) is 6.54 Å². The predicted octanol–water partition coefficient (Wildman–Crippen LogP) is 1.61. The molecule has 0 unspecified atom stereocenters. The zero-order valence-corrected chi connectivity index (χ0v) is 9.91. The zero-order valence-electron chi connectivity index (χ0n) is 9.91. The van der Waals surface area contributed by atoms with Crippen LogP contribution in [0.3, 0.4) is 0 Å². The standard InChI is InChI=1S/C11H13N5O2/c1-9-3-2-4-10(16(17)18)11(9)12-5-7-15-8-6-13-14-15/h2-4,6,8,12H,5,7H2,1H3. The summed E-state index contributed by atoms with van der Waals surface area (Å²) in [4.78, 5) is 10.5. The van der Waals surface area contributed by atoms with Gasteiger partial charge in [-0.25, -0.2) is 0 Å². The molecule has 0 atom stereocenters. The van der Waals surface area contributed by atoms with Gasteiger partial charge >= 0.3 is 0 Å². The van der Waals surface area contributed by atoms with Gasteiger partial charge in [0.05, 0.1) is 17.7 Å². The number of nitro groups is 1. The van der Waals surface area contributed by atoms with E-state index in [2.05, 4.69) is 15.6 Å². The van der Waals surface area contributed by atoms with E-state index in [1.165, 1.54) is 6.07 Å². The van der Waals surface area contributed by atoms with E-state index in [0.29, 0.717) is 18.8 Å². The third-order valence-corrected chi connectivity index (χ3v) is 2.56. The molecule has 7 nitrogen and oxygen atoms in total. The van der Waals surface area contributed by atoms with E-state index >= 15 is 0 Å². The number of aromatic nitrogens is 3. The highest BCUT2D eigenvalue weighted by Gasteiger charge is 2.14. The van der Waals surface area contributed by atoms with E-state index in [-0.39, 0.29) is 10.6 Å². The lowest BCUT2D eigenvalue weighted by molar-refractivity contribution is -0.384. The first-order valence-electron chi connectivity index (χ1n) is 5.50. The average Bonchev–Trinajstić information content (AvgIpc) is 2.84. The fourth-order valence-corrected chi connectivity index (χ4v) is 1.68. The maximum atomic E-state index is 10.9. The Kier molecular flexibility index (Phi) is 3.52. The topological polar surface area (TPSA) is 85.9 Å². The summed E-state index contributed by atoms with van der Waals surface area (Å²) in [5, 5.41) is 21.5. The van der Waals surface area contributed by atoms with Gasteiger partial charge < -0.3 is 5.32 Å². The van der Waals surface area contributed by atoms with Gasteiger partial charge in [-0.05, 0) is 12.5 Å². The largest absolute Gasteiger partial charge is 0.377 e. The fourth-order valence-electron chi connectivity index (χ4n) is 1.68. The number of nitrogens with zero attached hydrogens (tertiary/aromatic N) is 4. The van der Waals surface area contributed by atoms with Gasteiger partial charge in [-0.3, -0.25) is 14.8 Å². The van der Waals surface area contributed by atoms with Crippen LogP contribution in [0.5, 0.6) is 0 Å². The number of hydrogen-bond donors (Lipinski definition) is 1. The Morgan fingerprint density at radius 1 is 1.50 bits per heavy atom. The minimum absolute atomic E-state index is 0.0913. The van der Waals surface area contributed by atoms with Crippen molar-refractivity contribution in [2.75, 3.05) is 11.9 Å². The Balaban J connectivity index is 2.06. The Hall–Kier alpha value is -2.44. The SMILES string of the molecule is Cc1cccc([N+](=O)[O-])c1NCCn1ccnn1. The molecule has 0 bridgehead atoms. The van der Waals surface area contributed by atoms with Gasteiger partial charge in [-0.1, -0.05) is 17.3 Å². The van der Waals surface area contributed by atoms with Gasteiger partial charge in [0.1, 0.15) is 5.69 Å². The third-order valence-electron chi connectivity index (χ3n) is 2.56. The monoisotopic (exact) mass is 247 g/mol. The van der Waals surface area contributed by atoms with E-state index < -0.39 is 0 Å². The number of anilines is 1. The van der Waals surface area contributed by atoms with Crippen LogP contribution in [0.4, 0.5) is 11.4 Å². The van der Waals surface area contributed by atoms with Crippen LogP contribution >= 0.6 is 0 Å². The van der Waals surface area contributed by atoms with E-state index in [1.807, 2.05) is 13.0 Å². The second kappa shape index (κ2) is 5.26. The predicted molar refractivity (Wildman–Crippen MR) is 66.3 cm³/mol. The minimum atomic E-state index is -0.384. The minimum Gasteiger partial charge on any atom is -0.377 e. The molecule has 7 heteroatoms. The molecule has 1 aromatic heterocycles. The molecule has 0 saturated carbocycles. The van der Waals surface area contributed by atoms with Gasteiger partial charge in [0.15, 0.2) is 0 Å². The molecule has 0 amide bonds. The van der Waals surface area contributed by atoms with Crippen molar-refractivity contribution in [2.24, 2.45) is 0 Å². The fraction of sp³-hybridized carbons (Fsp3) is 0.273. The summed E-state index contributed by atoms with van der Waals surface area (Å²) in [6.45, 7) is 2.99. The zero-order chi connectivity index (χ0) is 13.0. The number of nitro benzene ring substituents is 1. The maximum Gasteiger partial charge on any atom is 0.292 e. The molecule has 2 aromatic rings. The van der Waals surface area contributed by atoms with Gasteiger partial charge in [-0.2, -0.15) is 0 Å². The smallest absolute Gasteiger partial charge is 0.292 e. The summed E-state index contributed by atoms with van der Waals surface area (Å²) in [6, 6.07) is 5.01. The molecular weight excluding hydrogens is 234 g/mol. The molecule has 18 heavy (non-hydrogen) atoms. The molecule has 0 saturated heterocycles. The van der Waals surface area contributed by atoms with Crippen molar-refractivity contribution < 1.29 is 4.92 Å². The lowest BCUT2D eigenvalue weighted by Crippen LogP contribution is -2.12. The van der Waals surface area contributed by atoms with Gasteiger partial charge in [0.25, 0.3) is 5.69 Å². The molecule has 0 fully saturated rings. The summed E-state index contributed by atoms with van der Waals surface area (Å²) in [7, 11) is 0. The quantitative estimate of drug-likeness (QED) is 0.640. The Morgan fingerprint density at radius 3 is 3.00 bits per heavy atom. The normalized spacial score (nSPS) is 10.3. The van der Waals surface area contributed by atoms with Crippen LogP contribution in [0, 0.1) is 17.0 Å². The Bertz CT molecular complexity index is 538. The second-order valence-electron chi connectivity index (χ2n) is 3.82. The molecule has 0 spiro atoms. The number of hydrogen-bond acceptors (Lipinski definition) is 5. The van der Waals surface area contributed by atoms with Gasteiger partial charge in [-0.15, -0.1) is 5.10 Å². The highest BCUT2D eigenvalue weighted by Crippen LogP contribution is 2.27. The Labute approximate surface area is 104 Å². The van der Waals surface area contributed by atoms with Crippen LogP contribution in [0.25, 0.3) is 0 Å². The lowest BCUT2D eigenvalue weighted by Gasteiger charge is -2.09. The molecule has 0 aliphatic heterocycles. The third kappa shape index (κ3) is 2.62. The highest BCUT2D eigenvalue weighted by molar-refractivity contribution is 5.65. The number of benzene rings is 1. The molecular formula is C11H13N5O2. The average molecular weight is 247 g/mol. The van der Waals surface area contributed by atoms with Crippen molar-refractivity contribution in [3.8, 4) is 0 Å². The van der Waals surface area contributed by atoms with Crippen molar-refractivity contribution >= 4 is 11.4 Å². The van der Waals surface area contributed by atoms with Crippen molar-refractivity contribution in [3.63, 3.8) is 0 Å². The van der Waals surface area contributed by atoms with E-state index in [4.69, 9.17) is 0 Å². The molecule has 0 aliphatic carbocycles. The van der Waals surface area contributed by atoms with Crippen molar-refractivity contribution in [1.82, 2.24) is 15.0 Å². The summed E-state index contributed by atoms with van der Waals surface area (Å²) in [5.74, 6) is 0. The number of nitrogens with one attached hydrogen (secondary N) is 1. The number of rotatable bonds is 5. The summed E-state index contributed by atoms with van der Waals surface area (Å²) >= 11 is 0. The highest BCUT2D eigenvalue weighted by atomic mass is 16.6. The van der Waals surface area contributed by atoms with Crippen LogP contribution in [0.1, 0.15) is 5.56 Å². The molecule has 94 valence electrons. The summed E-state index contributed by atoms with van der Waals surface area (Å²) in [5.41, 5.74) is 1.50. The second-order valence-corrected chi connectivity index (χ2v) is 3.82. The van der Waals surface area contributed by atoms with Crippen LogP contribution in [0.15, 0.2) is 30.6 Å². The van der Waals surface area contributed by atoms with Crippen molar-refractivity contribution in [3.05, 3.63) is 46.3 Å². The summed E-state index contributed by atoms with van der Waals surface area (Å²) in [6.07, 6.45) is 3.34. The molecule has 0 radical (unpaired) electrons. The van der Waals surface area contributed by atoms with E-state index in [0.717, 1.165) is 5.56 Å². The molecule has 1 heterocycles. The first kappa shape index (κ1) is 12.0. The molecule has 1 aromatic carbocycles. The first-order valence-corrected chi connectivity index (χ1v) is 5.50.